The topological polar surface area (TPSA) is 80.6 Å². The van der Waals surface area contributed by atoms with E-state index in [4.69, 9.17) is 16.3 Å². The SMILES string of the molecule is CCN1C(=O)c2c(Cc3ccccc3)c(=O)c(C(=O)NCc3cccc(Cl)c3F)cn2C[C@]12C[C@H]2COC. The number of carbonyl (C=O) groups is 2. The van der Waals surface area contributed by atoms with Crippen molar-refractivity contribution in [2.45, 2.75) is 38.4 Å². The lowest BCUT2D eigenvalue weighted by atomic mass is 9.96. The van der Waals surface area contributed by atoms with E-state index in [1.807, 2.05) is 42.2 Å². The van der Waals surface area contributed by atoms with Gasteiger partial charge in [0.2, 0.25) is 0 Å². The molecule has 2 amide bonds. The van der Waals surface area contributed by atoms with Crippen LogP contribution in [0.4, 0.5) is 4.39 Å². The van der Waals surface area contributed by atoms with Crippen LogP contribution in [0.5, 0.6) is 0 Å². The van der Waals surface area contributed by atoms with E-state index in [-0.39, 0.29) is 46.5 Å². The first-order chi connectivity index (χ1) is 18.3. The summed E-state index contributed by atoms with van der Waals surface area (Å²) in [7, 11) is 1.64. The molecule has 0 saturated heterocycles. The van der Waals surface area contributed by atoms with E-state index in [2.05, 4.69) is 5.32 Å². The smallest absolute Gasteiger partial charge is 0.271 e. The largest absolute Gasteiger partial charge is 0.384 e. The van der Waals surface area contributed by atoms with E-state index in [0.29, 0.717) is 25.4 Å². The number of aromatic nitrogens is 1. The molecular formula is C29H29ClFN3O4. The third kappa shape index (κ3) is 4.52. The van der Waals surface area contributed by atoms with Crippen molar-refractivity contribution in [2.24, 2.45) is 5.92 Å². The van der Waals surface area contributed by atoms with Crippen molar-refractivity contribution in [3.8, 4) is 0 Å². The first kappa shape index (κ1) is 26.1. The predicted octanol–water partition coefficient (Wildman–Crippen LogP) is 4.04. The molecule has 5 rings (SSSR count). The molecule has 1 spiro atoms. The Kier molecular flexibility index (Phi) is 7.11. The maximum absolute atomic E-state index is 14.4. The Hall–Kier alpha value is -3.49. The number of benzene rings is 2. The van der Waals surface area contributed by atoms with E-state index < -0.39 is 22.7 Å². The number of hydrogen-bond donors (Lipinski definition) is 1. The van der Waals surface area contributed by atoms with Gasteiger partial charge in [0.1, 0.15) is 17.1 Å². The zero-order chi connectivity index (χ0) is 27.0. The van der Waals surface area contributed by atoms with Crippen LogP contribution >= 0.6 is 11.6 Å². The molecule has 3 aromatic rings. The average Bonchev–Trinajstić information content (AvgIpc) is 3.58. The number of carbonyl (C=O) groups excluding carboxylic acids is 2. The molecule has 198 valence electrons. The van der Waals surface area contributed by atoms with E-state index >= 15 is 0 Å². The minimum atomic E-state index is -0.636. The van der Waals surface area contributed by atoms with Crippen LogP contribution < -0.4 is 10.7 Å². The summed E-state index contributed by atoms with van der Waals surface area (Å²) in [5.41, 5.74) is 0.651. The van der Waals surface area contributed by atoms with E-state index in [9.17, 15) is 18.8 Å². The molecule has 38 heavy (non-hydrogen) atoms. The van der Waals surface area contributed by atoms with Crippen molar-refractivity contribution in [1.29, 1.82) is 0 Å². The number of nitrogens with zero attached hydrogens (tertiary/aromatic N) is 2. The summed E-state index contributed by atoms with van der Waals surface area (Å²) < 4.78 is 21.5. The fourth-order valence-electron chi connectivity index (χ4n) is 5.66. The standard InChI is InChI=1S/C29H29ClFN3O4/c1-3-34-28(37)25-21(12-18-8-5-4-6-9-18)26(35)22(15-33(25)17-29(34)13-20(29)16-38-2)27(36)32-14-19-10-7-11-23(30)24(19)31/h4-11,15,20H,3,12-14,16-17H2,1-2H3,(H,32,36)/t20-,29-/m0/s1. The number of likely N-dealkylation sites (N-methyl/N-ethyl adjacent to an activating group) is 1. The number of rotatable bonds is 8. The van der Waals surface area contributed by atoms with Crippen LogP contribution in [0.15, 0.2) is 59.5 Å². The third-order valence-electron chi connectivity index (χ3n) is 7.63. The number of methoxy groups -OCH3 is 1. The van der Waals surface area contributed by atoms with Gasteiger partial charge < -0.3 is 19.5 Å². The molecule has 1 aromatic heterocycles. The summed E-state index contributed by atoms with van der Waals surface area (Å²) in [4.78, 5) is 42.7. The Balaban J connectivity index is 1.56. The predicted molar refractivity (Wildman–Crippen MR) is 142 cm³/mol. The Morgan fingerprint density at radius 1 is 1.18 bits per heavy atom. The van der Waals surface area contributed by atoms with Crippen molar-refractivity contribution in [1.82, 2.24) is 14.8 Å². The number of fused-ring (bicyclic) bond motifs is 1. The summed E-state index contributed by atoms with van der Waals surface area (Å²) in [6.45, 7) is 3.29. The number of nitrogens with one attached hydrogen (secondary N) is 1. The number of ether oxygens (including phenoxy) is 1. The van der Waals surface area contributed by atoms with Crippen molar-refractivity contribution in [2.75, 3.05) is 20.3 Å². The highest BCUT2D eigenvalue weighted by Gasteiger charge is 2.61. The fraction of sp³-hybridized carbons (Fsp3) is 0.345. The zero-order valence-electron chi connectivity index (χ0n) is 21.3. The van der Waals surface area contributed by atoms with Crippen LogP contribution in [0.25, 0.3) is 0 Å². The second-order valence-electron chi connectivity index (χ2n) is 9.89. The monoisotopic (exact) mass is 537 g/mol. The third-order valence-corrected chi connectivity index (χ3v) is 7.92. The summed E-state index contributed by atoms with van der Waals surface area (Å²) in [6.07, 6.45) is 2.47. The van der Waals surface area contributed by atoms with Gasteiger partial charge in [0.25, 0.3) is 11.8 Å². The van der Waals surface area contributed by atoms with Gasteiger partial charge in [-0.1, -0.05) is 54.1 Å². The molecule has 0 bridgehead atoms. The van der Waals surface area contributed by atoms with Gasteiger partial charge in [-0.3, -0.25) is 14.4 Å². The van der Waals surface area contributed by atoms with E-state index in [1.54, 1.807) is 17.7 Å². The second-order valence-corrected chi connectivity index (χ2v) is 10.3. The lowest BCUT2D eigenvalue weighted by Crippen LogP contribution is -2.53. The van der Waals surface area contributed by atoms with Gasteiger partial charge in [0.15, 0.2) is 5.43 Å². The van der Waals surface area contributed by atoms with E-state index in [1.165, 1.54) is 18.3 Å². The highest BCUT2D eigenvalue weighted by molar-refractivity contribution is 6.30. The summed E-state index contributed by atoms with van der Waals surface area (Å²) in [5.74, 6) is -1.30. The van der Waals surface area contributed by atoms with Crippen LogP contribution in [0.1, 0.15) is 50.9 Å². The van der Waals surface area contributed by atoms with Crippen LogP contribution in [-0.2, 0) is 24.2 Å². The van der Waals surface area contributed by atoms with Gasteiger partial charge in [-0.25, -0.2) is 4.39 Å². The van der Waals surface area contributed by atoms with Crippen LogP contribution in [0.2, 0.25) is 5.02 Å². The summed E-state index contributed by atoms with van der Waals surface area (Å²) in [5, 5.41) is 2.61. The van der Waals surface area contributed by atoms with Gasteiger partial charge in [0, 0.05) is 56.4 Å². The fourth-order valence-corrected chi connectivity index (χ4v) is 5.85. The molecule has 1 fully saturated rings. The molecule has 0 radical (unpaired) electrons. The van der Waals surface area contributed by atoms with Gasteiger partial charge in [0.05, 0.1) is 17.2 Å². The Morgan fingerprint density at radius 2 is 1.95 bits per heavy atom. The summed E-state index contributed by atoms with van der Waals surface area (Å²) >= 11 is 5.87. The molecule has 1 saturated carbocycles. The van der Waals surface area contributed by atoms with Gasteiger partial charge in [-0.2, -0.15) is 0 Å². The summed E-state index contributed by atoms with van der Waals surface area (Å²) in [6, 6.07) is 13.9. The average molecular weight is 538 g/mol. The normalized spacial score (nSPS) is 19.9. The number of hydrogen-bond acceptors (Lipinski definition) is 4. The first-order valence-electron chi connectivity index (χ1n) is 12.6. The first-order valence-corrected chi connectivity index (χ1v) is 13.0. The minimum Gasteiger partial charge on any atom is -0.384 e. The molecule has 2 aromatic carbocycles. The maximum Gasteiger partial charge on any atom is 0.271 e. The molecule has 1 N–H and O–H groups in total. The van der Waals surface area contributed by atoms with Crippen LogP contribution in [-0.4, -0.2) is 47.1 Å². The van der Waals surface area contributed by atoms with Crippen LogP contribution in [0, 0.1) is 11.7 Å². The number of pyridine rings is 1. The maximum atomic E-state index is 14.4. The number of halogens is 2. The quantitative estimate of drug-likeness (QED) is 0.470. The molecule has 1 aliphatic heterocycles. The molecule has 1 aliphatic carbocycles. The highest BCUT2D eigenvalue weighted by Crippen LogP contribution is 2.52. The minimum absolute atomic E-state index is 0.0462. The molecule has 9 heteroatoms. The lowest BCUT2D eigenvalue weighted by Gasteiger charge is -2.39. The van der Waals surface area contributed by atoms with Gasteiger partial charge in [-0.05, 0) is 25.0 Å². The van der Waals surface area contributed by atoms with Crippen molar-refractivity contribution < 1.29 is 18.7 Å². The molecule has 2 atom stereocenters. The molecule has 2 heterocycles. The molecule has 7 nitrogen and oxygen atoms in total. The van der Waals surface area contributed by atoms with Gasteiger partial charge >= 0.3 is 0 Å². The highest BCUT2D eigenvalue weighted by atomic mass is 35.5. The lowest BCUT2D eigenvalue weighted by molar-refractivity contribution is 0.0495. The Bertz CT molecular complexity index is 1460. The number of amides is 2. The van der Waals surface area contributed by atoms with Crippen molar-refractivity contribution in [3.63, 3.8) is 0 Å². The Morgan fingerprint density at radius 3 is 2.66 bits per heavy atom. The van der Waals surface area contributed by atoms with Crippen molar-refractivity contribution in [3.05, 3.63) is 104 Å². The molecule has 0 unspecified atom stereocenters. The molecular weight excluding hydrogens is 509 g/mol. The zero-order valence-corrected chi connectivity index (χ0v) is 22.1. The van der Waals surface area contributed by atoms with Crippen molar-refractivity contribution >= 4 is 23.4 Å². The van der Waals surface area contributed by atoms with Gasteiger partial charge in [-0.15, -0.1) is 0 Å². The molecule has 2 aliphatic rings. The van der Waals surface area contributed by atoms with Crippen LogP contribution in [0.3, 0.4) is 0 Å². The van der Waals surface area contributed by atoms with E-state index in [0.717, 1.165) is 12.0 Å². The second kappa shape index (κ2) is 10.3. The Labute approximate surface area is 225 Å².